The average Bonchev–Trinajstić information content (AvgIpc) is 2.37. The second-order valence-corrected chi connectivity index (χ2v) is 7.69. The number of carboxylic acid groups (broad SMARTS) is 1. The van der Waals surface area contributed by atoms with E-state index in [-0.39, 0.29) is 21.1 Å². The number of carbonyl (C=O) groups is 1. The van der Waals surface area contributed by atoms with Crippen LogP contribution in [0.15, 0.2) is 11.6 Å². The molecule has 23 heavy (non-hydrogen) atoms. The average molecular weight is 494 g/mol. The van der Waals surface area contributed by atoms with Crippen LogP contribution in [0.1, 0.15) is 92.4 Å². The molecule has 0 saturated carbocycles. The van der Waals surface area contributed by atoms with Gasteiger partial charge in [0.25, 0.3) is 0 Å². The third-order valence-corrected chi connectivity index (χ3v) is 4.51. The first-order valence-corrected chi connectivity index (χ1v) is 9.21. The van der Waals surface area contributed by atoms with Gasteiger partial charge in [0.1, 0.15) is 0 Å². The summed E-state index contributed by atoms with van der Waals surface area (Å²) in [4.78, 5) is 10.5. The second kappa shape index (κ2) is 15.4. The maximum atomic E-state index is 10.5. The molecule has 0 aromatic carbocycles. The largest absolute Gasteiger partial charge is 0.478 e. The molecular formula is C20H38O2W. The minimum Gasteiger partial charge on any atom is -0.478 e. The third kappa shape index (κ3) is 18.1. The van der Waals surface area contributed by atoms with Gasteiger partial charge < -0.3 is 5.11 Å². The molecule has 0 aliphatic rings. The summed E-state index contributed by atoms with van der Waals surface area (Å²) in [7, 11) is 0. The first kappa shape index (κ1) is 25.1. The van der Waals surface area contributed by atoms with Crippen molar-refractivity contribution in [3.63, 3.8) is 0 Å². The Kier molecular flexibility index (Phi) is 16.9. The zero-order valence-corrected chi connectivity index (χ0v) is 18.9. The zero-order valence-electron chi connectivity index (χ0n) is 15.9. The van der Waals surface area contributed by atoms with Gasteiger partial charge in [-0.25, -0.2) is 4.79 Å². The Morgan fingerprint density at radius 3 is 1.74 bits per heavy atom. The van der Waals surface area contributed by atoms with Crippen LogP contribution in [-0.4, -0.2) is 11.1 Å². The van der Waals surface area contributed by atoms with E-state index in [0.29, 0.717) is 0 Å². The summed E-state index contributed by atoms with van der Waals surface area (Å²) in [6, 6.07) is 0. The van der Waals surface area contributed by atoms with Crippen LogP contribution in [0, 0.1) is 17.8 Å². The predicted molar refractivity (Wildman–Crippen MR) is 96.1 cm³/mol. The first-order chi connectivity index (χ1) is 10.3. The van der Waals surface area contributed by atoms with Crippen molar-refractivity contribution in [3.05, 3.63) is 11.6 Å². The van der Waals surface area contributed by atoms with E-state index in [2.05, 4.69) is 27.7 Å². The summed E-state index contributed by atoms with van der Waals surface area (Å²) in [5.74, 6) is 1.65. The Balaban J connectivity index is 0. The number of carboxylic acids is 1. The van der Waals surface area contributed by atoms with E-state index in [9.17, 15) is 4.79 Å². The van der Waals surface area contributed by atoms with Crippen molar-refractivity contribution in [2.24, 2.45) is 17.8 Å². The topological polar surface area (TPSA) is 37.3 Å². The normalized spacial score (nSPS) is 14.4. The number of rotatable bonds is 13. The van der Waals surface area contributed by atoms with Crippen LogP contribution in [-0.2, 0) is 25.9 Å². The number of aliphatic carboxylic acids is 1. The van der Waals surface area contributed by atoms with E-state index < -0.39 is 5.97 Å². The van der Waals surface area contributed by atoms with Crippen molar-refractivity contribution in [1.29, 1.82) is 0 Å². The molecule has 0 unspecified atom stereocenters. The molecule has 0 heterocycles. The monoisotopic (exact) mass is 494 g/mol. The van der Waals surface area contributed by atoms with Gasteiger partial charge in [-0.15, -0.1) is 0 Å². The first-order valence-electron chi connectivity index (χ1n) is 9.21. The molecule has 0 aliphatic heterocycles. The standard InChI is InChI=1S/C20H38O2.W/c1-16(2)9-6-10-17(3)11-7-12-18(4)13-8-14-19(5)15-20(21)22;/h15-18H,6-14H2,1-5H3,(H,21,22);/b19-15+;/t17-,18-;/m1./s1. The smallest absolute Gasteiger partial charge is 0.328 e. The van der Waals surface area contributed by atoms with E-state index in [4.69, 9.17) is 5.11 Å². The Labute approximate surface area is 158 Å². The van der Waals surface area contributed by atoms with Gasteiger partial charge in [-0.1, -0.05) is 78.2 Å². The molecule has 0 spiro atoms. The minimum atomic E-state index is -0.822. The quantitative estimate of drug-likeness (QED) is 0.299. The summed E-state index contributed by atoms with van der Waals surface area (Å²) in [6.45, 7) is 11.3. The van der Waals surface area contributed by atoms with E-state index in [1.54, 1.807) is 0 Å². The molecule has 0 fully saturated rings. The van der Waals surface area contributed by atoms with Crippen molar-refractivity contribution in [2.75, 3.05) is 0 Å². The van der Waals surface area contributed by atoms with Crippen LogP contribution >= 0.6 is 0 Å². The molecule has 1 N–H and O–H groups in total. The van der Waals surface area contributed by atoms with Gasteiger partial charge in [0, 0.05) is 27.1 Å². The maximum absolute atomic E-state index is 10.5. The molecule has 0 aromatic heterocycles. The number of allylic oxidation sites excluding steroid dienone is 1. The van der Waals surface area contributed by atoms with Gasteiger partial charge in [-0.05, 0) is 37.5 Å². The fourth-order valence-electron chi connectivity index (χ4n) is 2.99. The predicted octanol–water partition coefficient (Wildman–Crippen LogP) is 6.45. The zero-order chi connectivity index (χ0) is 17.0. The van der Waals surface area contributed by atoms with E-state index in [1.807, 2.05) is 6.92 Å². The molecular weight excluding hydrogens is 456 g/mol. The summed E-state index contributed by atoms with van der Waals surface area (Å²) < 4.78 is 0. The van der Waals surface area contributed by atoms with Crippen LogP contribution in [0.4, 0.5) is 0 Å². The summed E-state index contributed by atoms with van der Waals surface area (Å²) >= 11 is 0. The van der Waals surface area contributed by atoms with Crippen LogP contribution in [0.25, 0.3) is 0 Å². The Morgan fingerprint density at radius 1 is 0.870 bits per heavy atom. The van der Waals surface area contributed by atoms with Crippen LogP contribution in [0.3, 0.4) is 0 Å². The summed E-state index contributed by atoms with van der Waals surface area (Å²) in [6.07, 6.45) is 12.7. The van der Waals surface area contributed by atoms with E-state index in [1.165, 1.54) is 51.0 Å². The van der Waals surface area contributed by atoms with Gasteiger partial charge in [0.2, 0.25) is 0 Å². The fourth-order valence-corrected chi connectivity index (χ4v) is 2.99. The molecule has 2 atom stereocenters. The Morgan fingerprint density at radius 2 is 1.30 bits per heavy atom. The van der Waals surface area contributed by atoms with Gasteiger partial charge >= 0.3 is 5.97 Å². The molecule has 0 saturated heterocycles. The van der Waals surface area contributed by atoms with Gasteiger partial charge in [0.05, 0.1) is 0 Å². The molecule has 2 nitrogen and oxygen atoms in total. The Bertz CT molecular complexity index is 324. The third-order valence-electron chi connectivity index (χ3n) is 4.51. The van der Waals surface area contributed by atoms with Crippen molar-refractivity contribution in [3.8, 4) is 0 Å². The number of hydrogen-bond donors (Lipinski definition) is 1. The summed E-state index contributed by atoms with van der Waals surface area (Å²) in [5.41, 5.74) is 0.985. The molecule has 0 amide bonds. The molecule has 0 aliphatic carbocycles. The maximum Gasteiger partial charge on any atom is 0.328 e. The molecule has 0 bridgehead atoms. The molecule has 0 aromatic rings. The number of hydrogen-bond acceptors (Lipinski definition) is 1. The fraction of sp³-hybridized carbons (Fsp3) is 0.850. The minimum absolute atomic E-state index is 0. The van der Waals surface area contributed by atoms with Crippen LogP contribution in [0.5, 0.6) is 0 Å². The van der Waals surface area contributed by atoms with Crippen molar-refractivity contribution < 1.29 is 31.0 Å². The molecule has 0 rings (SSSR count). The molecule has 3 heteroatoms. The van der Waals surface area contributed by atoms with Crippen molar-refractivity contribution in [1.82, 2.24) is 0 Å². The van der Waals surface area contributed by atoms with E-state index >= 15 is 0 Å². The van der Waals surface area contributed by atoms with Crippen LogP contribution < -0.4 is 0 Å². The SMILES string of the molecule is C/C(=C\C(=O)O)CCC[C@H](C)CCC[C@H](C)CCCC(C)C.[W]. The van der Waals surface area contributed by atoms with Crippen molar-refractivity contribution in [2.45, 2.75) is 92.4 Å². The Hall–Kier alpha value is -0.102. The van der Waals surface area contributed by atoms with Crippen LogP contribution in [0.2, 0.25) is 0 Å². The second-order valence-electron chi connectivity index (χ2n) is 7.69. The molecule has 0 radical (unpaired) electrons. The van der Waals surface area contributed by atoms with Gasteiger partial charge in [0.15, 0.2) is 0 Å². The van der Waals surface area contributed by atoms with Crippen molar-refractivity contribution >= 4 is 5.97 Å². The summed E-state index contributed by atoms with van der Waals surface area (Å²) in [5, 5.41) is 8.68. The molecule has 136 valence electrons. The van der Waals surface area contributed by atoms with Gasteiger partial charge in [-0.3, -0.25) is 0 Å². The van der Waals surface area contributed by atoms with E-state index in [0.717, 1.165) is 36.2 Å². The van der Waals surface area contributed by atoms with Gasteiger partial charge in [-0.2, -0.15) is 0 Å².